The van der Waals surface area contributed by atoms with Crippen molar-refractivity contribution in [3.05, 3.63) is 35.6 Å². The molecule has 0 bridgehead atoms. The van der Waals surface area contributed by atoms with Gasteiger partial charge in [-0.2, -0.15) is 0 Å². The maximum absolute atomic E-state index is 14.0. The van der Waals surface area contributed by atoms with Crippen LogP contribution in [0.2, 0.25) is 0 Å². The second kappa shape index (κ2) is 14.5. The molecule has 4 N–H and O–H groups in total. The molecule has 9 nitrogen and oxygen atoms in total. The van der Waals surface area contributed by atoms with Crippen molar-refractivity contribution in [3.63, 3.8) is 0 Å². The number of benzene rings is 1. The second-order valence-corrected chi connectivity index (χ2v) is 10.5. The van der Waals surface area contributed by atoms with Crippen LogP contribution in [-0.4, -0.2) is 80.2 Å². The van der Waals surface area contributed by atoms with E-state index in [1.807, 2.05) is 18.0 Å². The zero-order valence-electron chi connectivity index (χ0n) is 22.2. The Balaban J connectivity index is 1.63. The first-order chi connectivity index (χ1) is 17.7. The van der Waals surface area contributed by atoms with Crippen LogP contribution >= 0.6 is 0 Å². The fraction of sp³-hybridized carbons (Fsp3) is 0.704. The van der Waals surface area contributed by atoms with E-state index in [1.165, 1.54) is 12.1 Å². The molecule has 37 heavy (non-hydrogen) atoms. The normalized spacial score (nSPS) is 25.8. The Morgan fingerprint density at radius 3 is 2.70 bits per heavy atom. The van der Waals surface area contributed by atoms with Crippen molar-refractivity contribution in [1.82, 2.24) is 20.9 Å². The first kappa shape index (κ1) is 29.1. The third kappa shape index (κ3) is 9.43. The highest BCUT2D eigenvalue weighted by Crippen LogP contribution is 2.33. The van der Waals surface area contributed by atoms with Gasteiger partial charge in [-0.3, -0.25) is 0 Å². The summed E-state index contributed by atoms with van der Waals surface area (Å²) in [6.07, 6.45) is 3.42. The number of likely N-dealkylation sites (N-methyl/N-ethyl adjacent to an activating group) is 1. The lowest BCUT2D eigenvalue weighted by molar-refractivity contribution is -0.0547. The van der Waals surface area contributed by atoms with E-state index in [0.717, 1.165) is 32.1 Å². The summed E-state index contributed by atoms with van der Waals surface area (Å²) in [4.78, 5) is 26.0. The average Bonchev–Trinajstić information content (AvgIpc) is 2.83. The van der Waals surface area contributed by atoms with E-state index in [1.54, 1.807) is 6.07 Å². The summed E-state index contributed by atoms with van der Waals surface area (Å²) >= 11 is 0. The van der Waals surface area contributed by atoms with E-state index in [-0.39, 0.29) is 49.2 Å². The Bertz CT molecular complexity index is 865. The fourth-order valence-electron chi connectivity index (χ4n) is 5.82. The van der Waals surface area contributed by atoms with Gasteiger partial charge in [0.25, 0.3) is 0 Å². The van der Waals surface area contributed by atoms with Gasteiger partial charge in [-0.15, -0.1) is 0 Å². The predicted molar refractivity (Wildman–Crippen MR) is 139 cm³/mol. The number of hydrogen-bond acceptors (Lipinski definition) is 5. The summed E-state index contributed by atoms with van der Waals surface area (Å²) < 4.78 is 26.0. The molecule has 1 aromatic rings. The Morgan fingerprint density at radius 2 is 2.03 bits per heavy atom. The molecular weight excluding hydrogens is 479 g/mol. The number of nitrogens with one attached hydrogen (secondary N) is 3. The van der Waals surface area contributed by atoms with E-state index in [2.05, 4.69) is 29.8 Å². The molecular formula is C27H43FN4O5. The number of rotatable bonds is 11. The van der Waals surface area contributed by atoms with Crippen LogP contribution in [0.25, 0.3) is 0 Å². The minimum atomic E-state index is -1.12. The molecule has 2 heterocycles. The predicted octanol–water partition coefficient (Wildman–Crippen LogP) is 3.75. The van der Waals surface area contributed by atoms with Crippen LogP contribution in [0.3, 0.4) is 0 Å². The molecule has 0 radical (unpaired) electrons. The lowest BCUT2D eigenvalue weighted by Crippen LogP contribution is -2.52. The molecule has 6 atom stereocenters. The standard InChI is InChI=1S/C27H43FN4O5/c1-18-12-20(13-19(2)37-18)14-24(16-29-3)31-26(33)32-10-5-7-22(17-32)25(36-11-9-30-27(34)35)21-6-4-8-23(28)15-21/h4,6,8,15,18-20,22,24-25,29-30H,5,7,9-14,16-17H2,1-3H3,(H,31,33)(H,34,35)/t18-,19+,20?,22-,24+,25?/m1/s1. The molecule has 0 aliphatic carbocycles. The topological polar surface area (TPSA) is 112 Å². The number of hydrogen-bond donors (Lipinski definition) is 4. The molecule has 0 spiro atoms. The van der Waals surface area contributed by atoms with Crippen molar-refractivity contribution in [1.29, 1.82) is 0 Å². The number of amides is 3. The van der Waals surface area contributed by atoms with Crippen LogP contribution in [0.5, 0.6) is 0 Å². The number of urea groups is 1. The van der Waals surface area contributed by atoms with Gasteiger partial charge in [0.05, 0.1) is 24.9 Å². The van der Waals surface area contributed by atoms with Crippen LogP contribution in [-0.2, 0) is 9.47 Å². The van der Waals surface area contributed by atoms with Crippen LogP contribution in [0.4, 0.5) is 14.0 Å². The van der Waals surface area contributed by atoms with Gasteiger partial charge in [0, 0.05) is 38.1 Å². The summed E-state index contributed by atoms with van der Waals surface area (Å²) in [6.45, 7) is 6.33. The summed E-state index contributed by atoms with van der Waals surface area (Å²) in [5, 5.41) is 17.6. The molecule has 2 unspecified atom stereocenters. The zero-order chi connectivity index (χ0) is 26.8. The van der Waals surface area contributed by atoms with E-state index in [4.69, 9.17) is 14.6 Å². The Morgan fingerprint density at radius 1 is 1.27 bits per heavy atom. The van der Waals surface area contributed by atoms with Gasteiger partial charge in [-0.25, -0.2) is 14.0 Å². The number of piperidine rings is 1. The highest BCUT2D eigenvalue weighted by atomic mass is 19.1. The number of halogens is 1. The molecule has 0 saturated carbocycles. The zero-order valence-corrected chi connectivity index (χ0v) is 22.2. The summed E-state index contributed by atoms with van der Waals surface area (Å²) in [5.74, 6) is 0.106. The fourth-order valence-corrected chi connectivity index (χ4v) is 5.82. The van der Waals surface area contributed by atoms with Gasteiger partial charge in [0.15, 0.2) is 0 Å². The van der Waals surface area contributed by atoms with Gasteiger partial charge in [0.1, 0.15) is 5.82 Å². The molecule has 2 aliphatic heterocycles. The molecule has 208 valence electrons. The molecule has 0 aromatic heterocycles. The summed E-state index contributed by atoms with van der Waals surface area (Å²) in [5.41, 5.74) is 0.693. The number of ether oxygens (including phenoxy) is 2. The largest absolute Gasteiger partial charge is 0.465 e. The number of likely N-dealkylation sites (tertiary alicyclic amines) is 1. The van der Waals surface area contributed by atoms with E-state index in [0.29, 0.717) is 31.1 Å². The first-order valence-corrected chi connectivity index (χ1v) is 13.4. The van der Waals surface area contributed by atoms with Crippen molar-refractivity contribution in [2.24, 2.45) is 11.8 Å². The van der Waals surface area contributed by atoms with Crippen LogP contribution < -0.4 is 16.0 Å². The van der Waals surface area contributed by atoms with E-state index >= 15 is 0 Å². The van der Waals surface area contributed by atoms with E-state index in [9.17, 15) is 14.0 Å². The van der Waals surface area contributed by atoms with Gasteiger partial charge in [-0.05, 0) is 76.6 Å². The maximum atomic E-state index is 14.0. The van der Waals surface area contributed by atoms with Crippen molar-refractivity contribution in [2.75, 3.05) is 39.8 Å². The van der Waals surface area contributed by atoms with Gasteiger partial charge < -0.3 is 35.4 Å². The number of carboxylic acid groups (broad SMARTS) is 1. The van der Waals surface area contributed by atoms with Gasteiger partial charge in [0.2, 0.25) is 0 Å². The number of nitrogens with zero attached hydrogens (tertiary/aromatic N) is 1. The molecule has 2 fully saturated rings. The van der Waals surface area contributed by atoms with Crippen LogP contribution in [0.1, 0.15) is 57.6 Å². The first-order valence-electron chi connectivity index (χ1n) is 13.4. The van der Waals surface area contributed by atoms with E-state index < -0.39 is 12.2 Å². The Hall–Kier alpha value is -2.43. The highest BCUT2D eigenvalue weighted by molar-refractivity contribution is 5.74. The third-order valence-electron chi connectivity index (χ3n) is 7.22. The van der Waals surface area contributed by atoms with Crippen molar-refractivity contribution >= 4 is 12.1 Å². The molecule has 2 aliphatic rings. The highest BCUT2D eigenvalue weighted by Gasteiger charge is 2.33. The summed E-state index contributed by atoms with van der Waals surface area (Å²) in [7, 11) is 1.89. The monoisotopic (exact) mass is 522 g/mol. The maximum Gasteiger partial charge on any atom is 0.404 e. The molecule has 3 amide bonds. The molecule has 2 saturated heterocycles. The minimum absolute atomic E-state index is 0.0118. The molecule has 1 aromatic carbocycles. The molecule has 3 rings (SSSR count). The third-order valence-corrected chi connectivity index (χ3v) is 7.22. The van der Waals surface area contributed by atoms with Crippen molar-refractivity contribution in [2.45, 2.75) is 70.3 Å². The number of carbonyl (C=O) groups is 2. The Labute approximate surface area is 219 Å². The smallest absolute Gasteiger partial charge is 0.404 e. The minimum Gasteiger partial charge on any atom is -0.465 e. The quantitative estimate of drug-likeness (QED) is 0.329. The molecule has 10 heteroatoms. The van der Waals surface area contributed by atoms with Crippen molar-refractivity contribution in [3.8, 4) is 0 Å². The van der Waals surface area contributed by atoms with Crippen LogP contribution in [0.15, 0.2) is 24.3 Å². The lowest BCUT2D eigenvalue weighted by atomic mass is 9.87. The average molecular weight is 523 g/mol. The summed E-state index contributed by atoms with van der Waals surface area (Å²) in [6, 6.07) is 6.21. The van der Waals surface area contributed by atoms with Crippen LogP contribution in [0, 0.1) is 17.7 Å². The van der Waals surface area contributed by atoms with Crippen molar-refractivity contribution < 1.29 is 28.6 Å². The van der Waals surface area contributed by atoms with Gasteiger partial charge >= 0.3 is 12.1 Å². The number of carbonyl (C=O) groups excluding carboxylic acids is 1. The second-order valence-electron chi connectivity index (χ2n) is 10.5. The van der Waals surface area contributed by atoms with Gasteiger partial charge in [-0.1, -0.05) is 12.1 Å². The Kier molecular flexibility index (Phi) is 11.4. The lowest BCUT2D eigenvalue weighted by Gasteiger charge is -2.38. The SMILES string of the molecule is CNC[C@H](CC1C[C@@H](C)O[C@@H](C)C1)NC(=O)N1CCC[C@@H](C(OCCNC(=O)O)c2cccc(F)c2)C1.